The van der Waals surface area contributed by atoms with Gasteiger partial charge in [-0.05, 0) is 18.1 Å². The van der Waals surface area contributed by atoms with Gasteiger partial charge >= 0.3 is 6.18 Å². The molecule has 1 heterocycles. The van der Waals surface area contributed by atoms with Crippen LogP contribution in [0.2, 0.25) is 0 Å². The number of anilines is 1. The Balaban J connectivity index is 2.29. The number of rotatable bonds is 3. The predicted molar refractivity (Wildman–Crippen MR) is 62.2 cm³/mol. The van der Waals surface area contributed by atoms with Crippen molar-refractivity contribution in [3.8, 4) is 0 Å². The van der Waals surface area contributed by atoms with Crippen LogP contribution in [0.25, 0.3) is 0 Å². The molecule has 0 saturated carbocycles. The van der Waals surface area contributed by atoms with Gasteiger partial charge in [0.05, 0.1) is 5.56 Å². The summed E-state index contributed by atoms with van der Waals surface area (Å²) in [5, 5.41) is 2.91. The van der Waals surface area contributed by atoms with E-state index in [9.17, 15) is 13.2 Å². The quantitative estimate of drug-likeness (QED) is 0.829. The zero-order valence-electron chi connectivity index (χ0n) is 9.77. The third kappa shape index (κ3) is 2.40. The fourth-order valence-electron chi connectivity index (χ4n) is 2.39. The molecule has 1 aliphatic heterocycles. The normalized spacial score (nSPS) is 18.9. The highest BCUT2D eigenvalue weighted by Gasteiger charge is 2.37. The minimum Gasteiger partial charge on any atom is -0.384 e. The van der Waals surface area contributed by atoms with Crippen LogP contribution in [0.15, 0.2) is 18.2 Å². The van der Waals surface area contributed by atoms with Crippen molar-refractivity contribution in [3.63, 3.8) is 0 Å². The van der Waals surface area contributed by atoms with Crippen LogP contribution in [0.5, 0.6) is 0 Å². The number of nitrogens with one attached hydrogen (secondary N) is 1. The number of unbranched alkanes of at least 4 members (excludes halogenated alkanes) is 1. The van der Waals surface area contributed by atoms with Crippen molar-refractivity contribution >= 4 is 5.69 Å². The van der Waals surface area contributed by atoms with E-state index in [0.29, 0.717) is 12.2 Å². The van der Waals surface area contributed by atoms with Gasteiger partial charge in [0.2, 0.25) is 0 Å². The number of fused-ring (bicyclic) bond motifs is 1. The van der Waals surface area contributed by atoms with E-state index in [0.717, 1.165) is 30.9 Å². The highest BCUT2D eigenvalue weighted by atomic mass is 19.4. The molecule has 0 radical (unpaired) electrons. The van der Waals surface area contributed by atoms with E-state index in [-0.39, 0.29) is 5.92 Å². The van der Waals surface area contributed by atoms with Crippen LogP contribution in [-0.4, -0.2) is 6.54 Å². The van der Waals surface area contributed by atoms with Crippen LogP contribution in [0.3, 0.4) is 0 Å². The number of hydrogen-bond acceptors (Lipinski definition) is 1. The second kappa shape index (κ2) is 4.59. The van der Waals surface area contributed by atoms with E-state index in [1.54, 1.807) is 0 Å². The Hall–Kier alpha value is -1.19. The number of halogens is 3. The lowest BCUT2D eigenvalue weighted by atomic mass is 9.94. The minimum absolute atomic E-state index is 0.229. The monoisotopic (exact) mass is 243 g/mol. The first kappa shape index (κ1) is 12.3. The molecule has 17 heavy (non-hydrogen) atoms. The minimum atomic E-state index is -4.27. The third-order valence-corrected chi connectivity index (χ3v) is 3.27. The summed E-state index contributed by atoms with van der Waals surface area (Å²) in [6, 6.07) is 4.46. The van der Waals surface area contributed by atoms with E-state index in [1.807, 2.05) is 6.07 Å². The Kier molecular flexibility index (Phi) is 3.31. The Labute approximate surface area is 99.0 Å². The molecule has 1 nitrogen and oxygen atoms in total. The van der Waals surface area contributed by atoms with Gasteiger partial charge in [0.25, 0.3) is 0 Å². The van der Waals surface area contributed by atoms with Crippen LogP contribution in [0.1, 0.15) is 43.2 Å². The van der Waals surface area contributed by atoms with Crippen molar-refractivity contribution in [1.82, 2.24) is 0 Å². The zero-order chi connectivity index (χ0) is 12.5. The third-order valence-electron chi connectivity index (χ3n) is 3.27. The molecule has 1 aliphatic rings. The van der Waals surface area contributed by atoms with Gasteiger partial charge in [-0.3, -0.25) is 0 Å². The molecule has 1 atom stereocenters. The van der Waals surface area contributed by atoms with E-state index < -0.39 is 11.7 Å². The summed E-state index contributed by atoms with van der Waals surface area (Å²) >= 11 is 0. The summed E-state index contributed by atoms with van der Waals surface area (Å²) in [6.07, 6.45) is -1.18. The van der Waals surface area contributed by atoms with Gasteiger partial charge in [0, 0.05) is 18.2 Å². The van der Waals surface area contributed by atoms with Crippen molar-refractivity contribution < 1.29 is 13.2 Å². The first-order valence-corrected chi connectivity index (χ1v) is 5.98. The van der Waals surface area contributed by atoms with Gasteiger partial charge in [-0.2, -0.15) is 13.2 Å². The molecular formula is C13H16F3N. The maximum atomic E-state index is 12.8. The molecule has 4 heteroatoms. The fraction of sp³-hybridized carbons (Fsp3) is 0.538. The number of hydrogen-bond donors (Lipinski definition) is 1. The molecule has 1 N–H and O–H groups in total. The summed E-state index contributed by atoms with van der Waals surface area (Å²) < 4.78 is 38.3. The fourth-order valence-corrected chi connectivity index (χ4v) is 2.39. The summed E-state index contributed by atoms with van der Waals surface area (Å²) in [7, 11) is 0. The van der Waals surface area contributed by atoms with Crippen LogP contribution < -0.4 is 5.32 Å². The molecule has 1 aromatic rings. The second-order valence-electron chi connectivity index (χ2n) is 4.49. The van der Waals surface area contributed by atoms with Gasteiger partial charge < -0.3 is 5.32 Å². The van der Waals surface area contributed by atoms with Crippen molar-refractivity contribution in [3.05, 3.63) is 29.3 Å². The van der Waals surface area contributed by atoms with Gasteiger partial charge in [-0.15, -0.1) is 0 Å². The molecule has 0 bridgehead atoms. The van der Waals surface area contributed by atoms with Crippen LogP contribution >= 0.6 is 0 Å². The largest absolute Gasteiger partial charge is 0.418 e. The van der Waals surface area contributed by atoms with Crippen molar-refractivity contribution in [2.24, 2.45) is 0 Å². The lowest BCUT2D eigenvalue weighted by Crippen LogP contribution is -2.08. The molecular weight excluding hydrogens is 227 g/mol. The van der Waals surface area contributed by atoms with E-state index in [4.69, 9.17) is 0 Å². The molecule has 0 amide bonds. The Morgan fingerprint density at radius 3 is 2.76 bits per heavy atom. The Morgan fingerprint density at radius 1 is 1.35 bits per heavy atom. The Bertz CT molecular complexity index is 398. The van der Waals surface area contributed by atoms with Gasteiger partial charge in [0.1, 0.15) is 0 Å². The number of para-hydroxylation sites is 1. The molecule has 0 saturated heterocycles. The van der Waals surface area contributed by atoms with E-state index in [2.05, 4.69) is 12.2 Å². The summed E-state index contributed by atoms with van der Waals surface area (Å²) in [5.41, 5.74) is 0.586. The summed E-state index contributed by atoms with van der Waals surface area (Å²) in [6.45, 7) is 2.72. The van der Waals surface area contributed by atoms with Gasteiger partial charge in [-0.1, -0.05) is 31.9 Å². The second-order valence-corrected chi connectivity index (χ2v) is 4.49. The van der Waals surface area contributed by atoms with Gasteiger partial charge in [0.15, 0.2) is 0 Å². The highest BCUT2D eigenvalue weighted by Crippen LogP contribution is 2.43. The molecule has 0 aliphatic carbocycles. The first-order chi connectivity index (χ1) is 8.04. The number of benzene rings is 1. The van der Waals surface area contributed by atoms with Crippen LogP contribution in [0.4, 0.5) is 18.9 Å². The first-order valence-electron chi connectivity index (χ1n) is 5.98. The highest BCUT2D eigenvalue weighted by molar-refractivity contribution is 5.64. The van der Waals surface area contributed by atoms with Crippen molar-refractivity contribution in [2.45, 2.75) is 38.3 Å². The molecule has 94 valence electrons. The van der Waals surface area contributed by atoms with Gasteiger partial charge in [-0.25, -0.2) is 0 Å². The van der Waals surface area contributed by atoms with Crippen molar-refractivity contribution in [2.75, 3.05) is 11.9 Å². The standard InChI is InChI=1S/C13H16F3N/c1-2-3-5-9-8-17-12-10(9)6-4-7-11(12)13(14,15)16/h4,6-7,9,17H,2-3,5,8H2,1H3. The average Bonchev–Trinajstić information content (AvgIpc) is 2.67. The molecule has 1 aromatic carbocycles. The molecule has 0 fully saturated rings. The summed E-state index contributed by atoms with van der Waals surface area (Å²) in [4.78, 5) is 0. The lowest BCUT2D eigenvalue weighted by molar-refractivity contribution is -0.136. The SMILES string of the molecule is CCCCC1CNc2c1cccc2C(F)(F)F. The van der Waals surface area contributed by atoms with E-state index >= 15 is 0 Å². The molecule has 0 aromatic heterocycles. The number of alkyl halides is 3. The maximum Gasteiger partial charge on any atom is 0.418 e. The topological polar surface area (TPSA) is 12.0 Å². The zero-order valence-corrected chi connectivity index (χ0v) is 9.77. The molecule has 2 rings (SSSR count). The smallest absolute Gasteiger partial charge is 0.384 e. The molecule has 0 spiro atoms. The lowest BCUT2D eigenvalue weighted by Gasteiger charge is -2.13. The summed E-state index contributed by atoms with van der Waals surface area (Å²) in [5.74, 6) is 0.229. The van der Waals surface area contributed by atoms with Crippen molar-refractivity contribution in [1.29, 1.82) is 0 Å². The van der Waals surface area contributed by atoms with E-state index in [1.165, 1.54) is 6.07 Å². The average molecular weight is 243 g/mol. The van der Waals surface area contributed by atoms with Crippen LogP contribution in [0, 0.1) is 0 Å². The molecule has 1 unspecified atom stereocenters. The predicted octanol–water partition coefficient (Wildman–Crippen LogP) is 4.40. The Morgan fingerprint density at radius 2 is 2.12 bits per heavy atom. The van der Waals surface area contributed by atoms with Crippen LogP contribution in [-0.2, 0) is 6.18 Å². The maximum absolute atomic E-state index is 12.8.